The number of carbonyl (C=O) groups excluding carboxylic acids is 2. The van der Waals surface area contributed by atoms with Crippen LogP contribution in [0, 0.1) is 23.7 Å². The van der Waals surface area contributed by atoms with E-state index in [9.17, 15) is 9.59 Å². The van der Waals surface area contributed by atoms with Gasteiger partial charge < -0.3 is 13.6 Å². The van der Waals surface area contributed by atoms with Crippen molar-refractivity contribution in [2.75, 3.05) is 0 Å². The molecule has 2 aliphatic carbocycles. The van der Waals surface area contributed by atoms with Gasteiger partial charge in [-0.05, 0) is 24.3 Å². The highest BCUT2D eigenvalue weighted by Gasteiger charge is 2.78. The molecule has 6 unspecified atom stereocenters. The Kier molecular flexibility index (Phi) is 2.05. The number of Topliss-reactive ketones (excluding diaryl/α,β-unsaturated/α-hetero) is 2. The van der Waals surface area contributed by atoms with Crippen LogP contribution in [0.1, 0.15) is 21.1 Å². The maximum Gasteiger partial charge on any atom is 0.204 e. The van der Waals surface area contributed by atoms with Gasteiger partial charge in [0.05, 0.1) is 36.6 Å². The third-order valence-corrected chi connectivity index (χ3v) is 4.91. The third kappa shape index (κ3) is 1.44. The van der Waals surface area contributed by atoms with Crippen molar-refractivity contribution in [3.8, 4) is 0 Å². The van der Waals surface area contributed by atoms with Crippen LogP contribution >= 0.6 is 0 Å². The van der Waals surface area contributed by atoms with Crippen molar-refractivity contribution < 1.29 is 23.2 Å². The third-order valence-electron chi connectivity index (χ3n) is 4.91. The van der Waals surface area contributed by atoms with E-state index in [2.05, 4.69) is 0 Å². The van der Waals surface area contributed by atoms with Gasteiger partial charge in [0.15, 0.2) is 11.5 Å². The number of hydrogen-bond acceptors (Lipinski definition) is 5. The van der Waals surface area contributed by atoms with Gasteiger partial charge in [0.1, 0.15) is 0 Å². The second-order valence-corrected chi connectivity index (χ2v) is 5.95. The van der Waals surface area contributed by atoms with Crippen molar-refractivity contribution in [3.63, 3.8) is 0 Å². The minimum atomic E-state index is -0.146. The molecule has 3 heterocycles. The zero-order valence-corrected chi connectivity index (χ0v) is 11.0. The maximum atomic E-state index is 12.3. The average Bonchev–Trinajstić information content (AvgIpc) is 3.07. The molecule has 2 saturated carbocycles. The second-order valence-electron chi connectivity index (χ2n) is 5.95. The Bertz CT molecular complexity index is 652. The Morgan fingerprint density at radius 2 is 1.29 bits per heavy atom. The van der Waals surface area contributed by atoms with Gasteiger partial charge in [-0.3, -0.25) is 9.59 Å². The highest BCUT2D eigenvalue weighted by molar-refractivity contribution is 6.01. The molecule has 0 amide bonds. The summed E-state index contributed by atoms with van der Waals surface area (Å²) < 4.78 is 16.2. The predicted octanol–water partition coefficient (Wildman–Crippen LogP) is 2.20. The Hall–Kier alpha value is -2.14. The highest BCUT2D eigenvalue weighted by atomic mass is 16.5. The van der Waals surface area contributed by atoms with Crippen molar-refractivity contribution in [2.24, 2.45) is 23.7 Å². The lowest BCUT2D eigenvalue weighted by molar-refractivity contribution is 0.0710. The molecule has 0 spiro atoms. The van der Waals surface area contributed by atoms with Crippen LogP contribution in [0.25, 0.3) is 0 Å². The summed E-state index contributed by atoms with van der Waals surface area (Å²) in [7, 11) is 0. The number of fused-ring (bicyclic) bond motifs is 3. The standard InChI is InChI=1S/C16H12O5/c17-13(7-3-1-5-19-7)11-9-10-12(16(10)21-15(9)11)14(18)8-4-2-6-20-8/h1-6,9-12,15-16H. The monoisotopic (exact) mass is 284 g/mol. The molecule has 5 heteroatoms. The molecule has 6 atom stereocenters. The van der Waals surface area contributed by atoms with Crippen LogP contribution in [0.5, 0.6) is 0 Å². The molecule has 2 aromatic heterocycles. The minimum Gasteiger partial charge on any atom is -0.461 e. The van der Waals surface area contributed by atoms with Crippen molar-refractivity contribution in [1.29, 1.82) is 0 Å². The van der Waals surface area contributed by atoms with E-state index in [4.69, 9.17) is 13.6 Å². The quantitative estimate of drug-likeness (QED) is 0.805. The first-order valence-electron chi connectivity index (χ1n) is 7.08. The summed E-state index contributed by atoms with van der Waals surface area (Å²) in [5, 5.41) is 0. The van der Waals surface area contributed by atoms with Crippen LogP contribution in [0.3, 0.4) is 0 Å². The fraction of sp³-hybridized carbons (Fsp3) is 0.375. The fourth-order valence-corrected chi connectivity index (χ4v) is 3.87. The Labute approximate surface area is 119 Å². The van der Waals surface area contributed by atoms with Gasteiger partial charge in [-0.2, -0.15) is 0 Å². The first-order chi connectivity index (χ1) is 10.3. The van der Waals surface area contributed by atoms with E-state index in [0.29, 0.717) is 11.5 Å². The maximum absolute atomic E-state index is 12.3. The van der Waals surface area contributed by atoms with Crippen molar-refractivity contribution in [2.45, 2.75) is 12.2 Å². The minimum absolute atomic E-state index is 0.00968. The molecule has 2 aromatic rings. The summed E-state index contributed by atoms with van der Waals surface area (Å²) in [4.78, 5) is 24.5. The zero-order valence-electron chi connectivity index (χ0n) is 11.0. The van der Waals surface area contributed by atoms with Gasteiger partial charge in [0.2, 0.25) is 11.6 Å². The van der Waals surface area contributed by atoms with Crippen molar-refractivity contribution >= 4 is 11.6 Å². The zero-order chi connectivity index (χ0) is 14.1. The van der Waals surface area contributed by atoms with E-state index in [1.54, 1.807) is 24.3 Å². The normalized spacial score (nSPS) is 38.7. The molecule has 3 aliphatic rings. The molecule has 106 valence electrons. The van der Waals surface area contributed by atoms with Crippen LogP contribution in [-0.4, -0.2) is 23.8 Å². The molecule has 1 saturated heterocycles. The van der Waals surface area contributed by atoms with E-state index < -0.39 is 0 Å². The fourth-order valence-electron chi connectivity index (χ4n) is 3.87. The number of furan rings is 2. The summed E-state index contributed by atoms with van der Waals surface area (Å²) in [5.74, 6) is 0.772. The van der Waals surface area contributed by atoms with Gasteiger partial charge in [-0.1, -0.05) is 0 Å². The van der Waals surface area contributed by atoms with Crippen molar-refractivity contribution in [1.82, 2.24) is 0 Å². The van der Waals surface area contributed by atoms with Crippen molar-refractivity contribution in [3.05, 3.63) is 48.3 Å². The number of ether oxygens (including phenoxy) is 1. The van der Waals surface area contributed by atoms with E-state index >= 15 is 0 Å². The lowest BCUT2D eigenvalue weighted by atomic mass is 10.1. The molecule has 5 nitrogen and oxygen atoms in total. The molecule has 5 rings (SSSR count). The van der Waals surface area contributed by atoms with Crippen LogP contribution in [0.2, 0.25) is 0 Å². The molecule has 0 aromatic carbocycles. The molecule has 1 aliphatic heterocycles. The molecular formula is C16H12O5. The first kappa shape index (κ1) is 11.5. The Balaban J connectivity index is 1.33. The lowest BCUT2D eigenvalue weighted by Crippen LogP contribution is -2.11. The van der Waals surface area contributed by atoms with Crippen LogP contribution in [0.4, 0.5) is 0 Å². The van der Waals surface area contributed by atoms with E-state index in [1.165, 1.54) is 12.5 Å². The molecule has 0 bridgehead atoms. The number of rotatable bonds is 4. The lowest BCUT2D eigenvalue weighted by Gasteiger charge is -2.00. The number of hydrogen-bond donors (Lipinski definition) is 0. The predicted molar refractivity (Wildman–Crippen MR) is 68.7 cm³/mol. The molecule has 21 heavy (non-hydrogen) atoms. The smallest absolute Gasteiger partial charge is 0.204 e. The van der Waals surface area contributed by atoms with Gasteiger partial charge in [-0.15, -0.1) is 0 Å². The summed E-state index contributed by atoms with van der Waals surface area (Å²) >= 11 is 0. The highest BCUT2D eigenvalue weighted by Crippen LogP contribution is 2.68. The summed E-state index contributed by atoms with van der Waals surface area (Å²) in [6, 6.07) is 6.75. The van der Waals surface area contributed by atoms with Crippen LogP contribution in [-0.2, 0) is 4.74 Å². The summed E-state index contributed by atoms with van der Waals surface area (Å²) in [6.07, 6.45) is 2.93. The van der Waals surface area contributed by atoms with Gasteiger partial charge in [0, 0.05) is 11.8 Å². The Morgan fingerprint density at radius 3 is 1.67 bits per heavy atom. The SMILES string of the molecule is O=C(c1ccco1)C1C2OC3C(C(=O)c4ccco4)C3C21. The van der Waals surface area contributed by atoms with Gasteiger partial charge in [0.25, 0.3) is 0 Å². The van der Waals surface area contributed by atoms with E-state index in [-0.39, 0.29) is 47.4 Å². The van der Waals surface area contributed by atoms with E-state index in [0.717, 1.165) is 0 Å². The topological polar surface area (TPSA) is 69.7 Å². The van der Waals surface area contributed by atoms with Crippen LogP contribution < -0.4 is 0 Å². The number of carbonyl (C=O) groups is 2. The number of ketones is 2. The molecule has 3 fully saturated rings. The average molecular weight is 284 g/mol. The van der Waals surface area contributed by atoms with E-state index in [1.807, 2.05) is 0 Å². The van der Waals surface area contributed by atoms with Crippen LogP contribution in [0.15, 0.2) is 45.6 Å². The molecule has 0 radical (unpaired) electrons. The summed E-state index contributed by atoms with van der Waals surface area (Å²) in [6.45, 7) is 0. The molecule has 0 N–H and O–H groups in total. The largest absolute Gasteiger partial charge is 0.461 e. The summed E-state index contributed by atoms with van der Waals surface area (Å²) in [5.41, 5.74) is 0. The first-order valence-corrected chi connectivity index (χ1v) is 7.08. The van der Waals surface area contributed by atoms with Gasteiger partial charge in [-0.25, -0.2) is 0 Å². The molecular weight excluding hydrogens is 272 g/mol. The van der Waals surface area contributed by atoms with Gasteiger partial charge >= 0.3 is 0 Å². The Morgan fingerprint density at radius 1 is 0.810 bits per heavy atom. The second kappa shape index (κ2) is 3.74.